The molecule has 0 fully saturated rings. The molecular formula is C13H21IN2. The number of nitrogens with one attached hydrogen (secondary N) is 2. The van der Waals surface area contributed by atoms with Crippen LogP contribution >= 0.6 is 22.6 Å². The van der Waals surface area contributed by atoms with Crippen molar-refractivity contribution in [2.24, 2.45) is 0 Å². The summed E-state index contributed by atoms with van der Waals surface area (Å²) in [5.41, 5.74) is 2.73. The number of halogens is 1. The Morgan fingerprint density at radius 3 is 2.44 bits per heavy atom. The van der Waals surface area contributed by atoms with Crippen LogP contribution in [0.2, 0.25) is 0 Å². The van der Waals surface area contributed by atoms with Gasteiger partial charge in [0.05, 0.1) is 0 Å². The molecule has 0 aromatic heterocycles. The minimum Gasteiger partial charge on any atom is -0.384 e. The number of anilines is 1. The van der Waals surface area contributed by atoms with Crippen molar-refractivity contribution in [2.75, 3.05) is 18.4 Å². The van der Waals surface area contributed by atoms with E-state index in [1.54, 1.807) is 0 Å². The molecule has 1 aromatic carbocycles. The van der Waals surface area contributed by atoms with Crippen LogP contribution in [0.1, 0.15) is 26.3 Å². The van der Waals surface area contributed by atoms with Crippen molar-refractivity contribution < 1.29 is 0 Å². The zero-order valence-electron chi connectivity index (χ0n) is 10.5. The third kappa shape index (κ3) is 5.16. The van der Waals surface area contributed by atoms with E-state index in [1.165, 1.54) is 14.8 Å². The minimum absolute atomic E-state index is 0.198. The average Bonchev–Trinajstić information content (AvgIpc) is 2.17. The molecule has 0 spiro atoms. The zero-order chi connectivity index (χ0) is 12.2. The molecule has 0 aliphatic carbocycles. The quantitative estimate of drug-likeness (QED) is 0.652. The van der Waals surface area contributed by atoms with Crippen molar-refractivity contribution in [2.45, 2.75) is 33.2 Å². The second kappa shape index (κ2) is 5.87. The van der Waals surface area contributed by atoms with Crippen LogP contribution in [-0.4, -0.2) is 18.6 Å². The van der Waals surface area contributed by atoms with E-state index in [9.17, 15) is 0 Å². The highest BCUT2D eigenvalue weighted by Crippen LogP contribution is 2.16. The van der Waals surface area contributed by atoms with Crippen LogP contribution in [-0.2, 0) is 0 Å². The Kier molecular flexibility index (Phi) is 5.05. The minimum atomic E-state index is 0.198. The van der Waals surface area contributed by atoms with E-state index >= 15 is 0 Å². The maximum Gasteiger partial charge on any atom is 0.0351 e. The van der Waals surface area contributed by atoms with Crippen molar-refractivity contribution >= 4 is 28.3 Å². The van der Waals surface area contributed by atoms with Gasteiger partial charge in [0.2, 0.25) is 0 Å². The van der Waals surface area contributed by atoms with Crippen molar-refractivity contribution in [3.05, 3.63) is 27.3 Å². The summed E-state index contributed by atoms with van der Waals surface area (Å²) < 4.78 is 1.31. The van der Waals surface area contributed by atoms with Crippen molar-refractivity contribution in [1.29, 1.82) is 0 Å². The summed E-state index contributed by atoms with van der Waals surface area (Å²) in [4.78, 5) is 0. The monoisotopic (exact) mass is 332 g/mol. The Morgan fingerprint density at radius 1 is 1.19 bits per heavy atom. The van der Waals surface area contributed by atoms with Gasteiger partial charge in [-0.15, -0.1) is 0 Å². The third-order valence-corrected chi connectivity index (χ3v) is 3.44. The first kappa shape index (κ1) is 13.8. The van der Waals surface area contributed by atoms with Crippen molar-refractivity contribution in [3.63, 3.8) is 0 Å². The van der Waals surface area contributed by atoms with E-state index in [0.29, 0.717) is 0 Å². The van der Waals surface area contributed by atoms with Crippen LogP contribution in [0.15, 0.2) is 18.2 Å². The molecule has 0 aliphatic rings. The number of hydrogen-bond donors (Lipinski definition) is 2. The molecule has 0 saturated heterocycles. The van der Waals surface area contributed by atoms with Crippen LogP contribution in [0.5, 0.6) is 0 Å². The van der Waals surface area contributed by atoms with Crippen LogP contribution in [0.25, 0.3) is 0 Å². The normalized spacial score (nSPS) is 11.6. The van der Waals surface area contributed by atoms with E-state index in [0.717, 1.165) is 13.1 Å². The molecular weight excluding hydrogens is 311 g/mol. The van der Waals surface area contributed by atoms with Crippen LogP contribution in [0.3, 0.4) is 0 Å². The molecule has 0 aliphatic heterocycles. The largest absolute Gasteiger partial charge is 0.384 e. The van der Waals surface area contributed by atoms with Gasteiger partial charge in [0.25, 0.3) is 0 Å². The first-order chi connectivity index (χ1) is 7.38. The van der Waals surface area contributed by atoms with Gasteiger partial charge in [-0.3, -0.25) is 0 Å². The van der Waals surface area contributed by atoms with Crippen LogP contribution < -0.4 is 10.6 Å². The molecule has 0 radical (unpaired) electrons. The summed E-state index contributed by atoms with van der Waals surface area (Å²) in [5.74, 6) is 0. The molecule has 0 bridgehead atoms. The number of benzene rings is 1. The van der Waals surface area contributed by atoms with Gasteiger partial charge in [0.15, 0.2) is 0 Å². The second-order valence-corrected chi connectivity index (χ2v) is 6.23. The van der Waals surface area contributed by atoms with Gasteiger partial charge in [-0.1, -0.05) is 6.07 Å². The molecule has 0 atom stereocenters. The lowest BCUT2D eigenvalue weighted by Gasteiger charge is -2.20. The molecule has 0 saturated carbocycles. The fourth-order valence-corrected chi connectivity index (χ4v) is 1.86. The van der Waals surface area contributed by atoms with E-state index < -0.39 is 0 Å². The lowest BCUT2D eigenvalue weighted by Crippen LogP contribution is -2.38. The highest BCUT2D eigenvalue weighted by Gasteiger charge is 2.06. The van der Waals surface area contributed by atoms with Crippen molar-refractivity contribution in [3.8, 4) is 0 Å². The molecule has 0 heterocycles. The highest BCUT2D eigenvalue weighted by molar-refractivity contribution is 14.1. The fraction of sp³-hybridized carbons (Fsp3) is 0.538. The summed E-state index contributed by atoms with van der Waals surface area (Å²) in [5, 5.41) is 6.87. The lowest BCUT2D eigenvalue weighted by molar-refractivity contribution is 0.435. The lowest BCUT2D eigenvalue weighted by atomic mass is 10.1. The average molecular weight is 332 g/mol. The Bertz CT molecular complexity index is 342. The number of rotatable bonds is 4. The predicted octanol–water partition coefficient (Wildman–Crippen LogP) is 3.40. The highest BCUT2D eigenvalue weighted by atomic mass is 127. The van der Waals surface area contributed by atoms with Gasteiger partial charge in [0, 0.05) is 27.9 Å². The van der Waals surface area contributed by atoms with Crippen molar-refractivity contribution in [1.82, 2.24) is 5.32 Å². The summed E-state index contributed by atoms with van der Waals surface area (Å²) in [7, 11) is 0. The third-order valence-electron chi connectivity index (χ3n) is 2.28. The maximum atomic E-state index is 3.45. The van der Waals surface area contributed by atoms with Gasteiger partial charge in [-0.05, 0) is 68.0 Å². The first-order valence-electron chi connectivity index (χ1n) is 5.63. The summed E-state index contributed by atoms with van der Waals surface area (Å²) >= 11 is 2.37. The first-order valence-corrected chi connectivity index (χ1v) is 6.71. The molecule has 90 valence electrons. The molecule has 2 nitrogen and oxygen atoms in total. The summed E-state index contributed by atoms with van der Waals surface area (Å²) in [6.45, 7) is 10.6. The molecule has 3 heteroatoms. The SMILES string of the molecule is Cc1ccc(NCCNC(C)(C)C)cc1I. The number of hydrogen-bond acceptors (Lipinski definition) is 2. The van der Waals surface area contributed by atoms with Crippen LogP contribution in [0.4, 0.5) is 5.69 Å². The molecule has 0 unspecified atom stereocenters. The van der Waals surface area contributed by atoms with Gasteiger partial charge < -0.3 is 10.6 Å². The smallest absolute Gasteiger partial charge is 0.0351 e. The van der Waals surface area contributed by atoms with E-state index in [2.05, 4.69) is 79.1 Å². The molecule has 0 amide bonds. The Labute approximate surface area is 112 Å². The van der Waals surface area contributed by atoms with E-state index in [4.69, 9.17) is 0 Å². The van der Waals surface area contributed by atoms with E-state index in [1.807, 2.05) is 0 Å². The Balaban J connectivity index is 2.35. The van der Waals surface area contributed by atoms with Gasteiger partial charge >= 0.3 is 0 Å². The summed E-state index contributed by atoms with van der Waals surface area (Å²) in [6, 6.07) is 6.48. The molecule has 1 rings (SSSR count). The predicted molar refractivity (Wildman–Crippen MR) is 80.1 cm³/mol. The summed E-state index contributed by atoms with van der Waals surface area (Å²) in [6.07, 6.45) is 0. The van der Waals surface area contributed by atoms with Gasteiger partial charge in [-0.25, -0.2) is 0 Å². The zero-order valence-corrected chi connectivity index (χ0v) is 12.7. The topological polar surface area (TPSA) is 24.1 Å². The van der Waals surface area contributed by atoms with E-state index in [-0.39, 0.29) is 5.54 Å². The molecule has 16 heavy (non-hydrogen) atoms. The second-order valence-electron chi connectivity index (χ2n) is 5.07. The number of aryl methyl sites for hydroxylation is 1. The van der Waals surface area contributed by atoms with Gasteiger partial charge in [-0.2, -0.15) is 0 Å². The molecule has 2 N–H and O–H groups in total. The Hall–Kier alpha value is -0.290. The fourth-order valence-electron chi connectivity index (χ4n) is 1.35. The molecule has 1 aromatic rings. The maximum absolute atomic E-state index is 3.45. The standard InChI is InChI=1S/C13H21IN2/c1-10-5-6-11(9-12(10)14)15-7-8-16-13(2,3)4/h5-6,9,15-16H,7-8H2,1-4H3. The Morgan fingerprint density at radius 2 is 1.88 bits per heavy atom. The van der Waals surface area contributed by atoms with Gasteiger partial charge in [0.1, 0.15) is 0 Å². The van der Waals surface area contributed by atoms with Crippen LogP contribution in [0, 0.1) is 10.5 Å².